The van der Waals surface area contributed by atoms with Gasteiger partial charge in [0.2, 0.25) is 5.91 Å². The molecule has 1 saturated heterocycles. The van der Waals surface area contributed by atoms with Crippen LogP contribution in [0.5, 0.6) is 0 Å². The average molecular weight is 356 g/mol. The molecule has 2 fully saturated rings. The maximum Gasteiger partial charge on any atom is 0.323 e. The Hall–Kier alpha value is -2.08. The fourth-order valence-electron chi connectivity index (χ4n) is 3.83. The number of aromatic amines is 2. The summed E-state index contributed by atoms with van der Waals surface area (Å²) in [5.74, 6) is 1.19. The summed E-state index contributed by atoms with van der Waals surface area (Å²) in [6.45, 7) is 2.94. The summed E-state index contributed by atoms with van der Waals surface area (Å²) in [4.78, 5) is 31.3. The van der Waals surface area contributed by atoms with E-state index in [1.807, 2.05) is 23.1 Å². The number of hydrogen-bond acceptors (Lipinski definition) is 3. The number of likely N-dealkylation sites (tertiary alicyclic amines) is 1. The molecule has 1 saturated carbocycles. The van der Waals surface area contributed by atoms with Crippen LogP contribution in [0, 0.1) is 5.92 Å². The van der Waals surface area contributed by atoms with E-state index < -0.39 is 0 Å². The largest absolute Gasteiger partial charge is 0.343 e. The minimum atomic E-state index is -0.178. The molecule has 1 amide bonds. The van der Waals surface area contributed by atoms with E-state index in [1.165, 1.54) is 12.8 Å². The lowest BCUT2D eigenvalue weighted by atomic mass is 10.0. The summed E-state index contributed by atoms with van der Waals surface area (Å²) in [6, 6.07) is 6.53. The summed E-state index contributed by atoms with van der Waals surface area (Å²) in [6.07, 6.45) is 7.23. The number of nitrogens with one attached hydrogen (secondary N) is 3. The molecule has 3 N–H and O–H groups in total. The molecule has 140 valence electrons. The summed E-state index contributed by atoms with van der Waals surface area (Å²) >= 11 is 0. The topological polar surface area (TPSA) is 81.0 Å². The van der Waals surface area contributed by atoms with Crippen molar-refractivity contribution >= 4 is 16.9 Å². The highest BCUT2D eigenvalue weighted by molar-refractivity contribution is 5.76. The van der Waals surface area contributed by atoms with Crippen molar-refractivity contribution in [3.63, 3.8) is 0 Å². The number of carbonyl (C=O) groups excluding carboxylic acids is 1. The van der Waals surface area contributed by atoms with Gasteiger partial charge >= 0.3 is 5.69 Å². The number of fused-ring (bicyclic) bond motifs is 1. The van der Waals surface area contributed by atoms with Crippen LogP contribution in [0.25, 0.3) is 11.0 Å². The number of aryl methyl sites for hydroxylation is 1. The van der Waals surface area contributed by atoms with E-state index in [0.717, 1.165) is 67.8 Å². The molecule has 1 aliphatic carbocycles. The maximum absolute atomic E-state index is 12.4. The van der Waals surface area contributed by atoms with E-state index in [9.17, 15) is 9.59 Å². The number of aromatic nitrogens is 2. The minimum absolute atomic E-state index is 0.178. The molecule has 2 aromatic rings. The van der Waals surface area contributed by atoms with Gasteiger partial charge in [-0.3, -0.25) is 4.79 Å². The molecule has 2 aliphatic rings. The van der Waals surface area contributed by atoms with Crippen LogP contribution in [0.4, 0.5) is 0 Å². The van der Waals surface area contributed by atoms with Crippen LogP contribution < -0.4 is 11.0 Å². The van der Waals surface area contributed by atoms with Crippen molar-refractivity contribution in [1.29, 1.82) is 0 Å². The van der Waals surface area contributed by atoms with Crippen molar-refractivity contribution in [3.8, 4) is 0 Å². The van der Waals surface area contributed by atoms with E-state index in [2.05, 4.69) is 15.3 Å². The van der Waals surface area contributed by atoms with Crippen LogP contribution in [0.2, 0.25) is 0 Å². The van der Waals surface area contributed by atoms with E-state index in [-0.39, 0.29) is 11.6 Å². The van der Waals surface area contributed by atoms with Crippen molar-refractivity contribution in [2.75, 3.05) is 19.6 Å². The quantitative estimate of drug-likeness (QED) is 0.711. The second kappa shape index (κ2) is 7.66. The molecule has 0 radical (unpaired) electrons. The highest BCUT2D eigenvalue weighted by Gasteiger charge is 2.25. The van der Waals surface area contributed by atoms with Gasteiger partial charge in [-0.05, 0) is 68.7 Å². The van der Waals surface area contributed by atoms with Crippen LogP contribution in [-0.2, 0) is 11.2 Å². The van der Waals surface area contributed by atoms with Crippen LogP contribution in [0.15, 0.2) is 23.0 Å². The number of benzene rings is 1. The first-order valence-electron chi connectivity index (χ1n) is 9.89. The van der Waals surface area contributed by atoms with Crippen LogP contribution in [0.1, 0.15) is 44.1 Å². The molecule has 1 aromatic heterocycles. The minimum Gasteiger partial charge on any atom is -0.343 e. The van der Waals surface area contributed by atoms with Gasteiger partial charge in [0, 0.05) is 25.6 Å². The van der Waals surface area contributed by atoms with Gasteiger partial charge in [-0.1, -0.05) is 6.07 Å². The first kappa shape index (κ1) is 17.3. The molecule has 6 heteroatoms. The lowest BCUT2D eigenvalue weighted by Crippen LogP contribution is -2.45. The highest BCUT2D eigenvalue weighted by Crippen LogP contribution is 2.28. The molecule has 0 atom stereocenters. The summed E-state index contributed by atoms with van der Waals surface area (Å²) in [5, 5.41) is 3.66. The smallest absolute Gasteiger partial charge is 0.323 e. The number of piperidine rings is 1. The van der Waals surface area contributed by atoms with E-state index in [4.69, 9.17) is 0 Å². The third kappa shape index (κ3) is 4.36. The molecule has 2 heterocycles. The number of hydrogen-bond donors (Lipinski definition) is 3. The van der Waals surface area contributed by atoms with Gasteiger partial charge in [0.15, 0.2) is 0 Å². The summed E-state index contributed by atoms with van der Waals surface area (Å²) in [7, 11) is 0. The molecule has 26 heavy (non-hydrogen) atoms. The fourth-order valence-corrected chi connectivity index (χ4v) is 3.83. The fraction of sp³-hybridized carbons (Fsp3) is 0.600. The molecule has 0 unspecified atom stereocenters. The number of rotatable bonds is 7. The normalized spacial score (nSPS) is 18.5. The number of amides is 1. The Morgan fingerprint density at radius 2 is 1.88 bits per heavy atom. The Bertz CT molecular complexity index is 813. The van der Waals surface area contributed by atoms with Crippen LogP contribution in [0.3, 0.4) is 0 Å². The lowest BCUT2D eigenvalue weighted by Gasteiger charge is -2.32. The first-order valence-corrected chi connectivity index (χ1v) is 9.89. The molecular formula is C20H28N4O2. The Labute approximate surface area is 153 Å². The molecule has 1 aromatic carbocycles. The third-order valence-corrected chi connectivity index (χ3v) is 5.68. The van der Waals surface area contributed by atoms with Gasteiger partial charge < -0.3 is 20.2 Å². The average Bonchev–Trinajstić information content (AvgIpc) is 3.40. The molecule has 6 nitrogen and oxygen atoms in total. The monoisotopic (exact) mass is 356 g/mol. The van der Waals surface area contributed by atoms with E-state index in [1.54, 1.807) is 0 Å². The predicted octanol–water partition coefficient (Wildman–Crippen LogP) is 2.17. The second-order valence-corrected chi connectivity index (χ2v) is 7.82. The van der Waals surface area contributed by atoms with Gasteiger partial charge in [0.25, 0.3) is 0 Å². The van der Waals surface area contributed by atoms with E-state index in [0.29, 0.717) is 12.5 Å². The van der Waals surface area contributed by atoms with Gasteiger partial charge in [0.1, 0.15) is 0 Å². The molecular weight excluding hydrogens is 328 g/mol. The zero-order chi connectivity index (χ0) is 17.9. The van der Waals surface area contributed by atoms with Crippen molar-refractivity contribution in [1.82, 2.24) is 20.2 Å². The number of nitrogens with zero attached hydrogens (tertiary/aromatic N) is 1. The second-order valence-electron chi connectivity index (χ2n) is 7.82. The Morgan fingerprint density at radius 1 is 1.12 bits per heavy atom. The molecule has 0 bridgehead atoms. The number of carbonyl (C=O) groups is 1. The van der Waals surface area contributed by atoms with Gasteiger partial charge in [-0.25, -0.2) is 4.79 Å². The lowest BCUT2D eigenvalue weighted by molar-refractivity contribution is -0.132. The van der Waals surface area contributed by atoms with Crippen LogP contribution in [-0.4, -0.2) is 46.5 Å². The van der Waals surface area contributed by atoms with Gasteiger partial charge in [-0.15, -0.1) is 0 Å². The Kier molecular flexibility index (Phi) is 5.11. The molecule has 0 spiro atoms. The number of imidazole rings is 1. The van der Waals surface area contributed by atoms with Crippen molar-refractivity contribution in [2.45, 2.75) is 51.0 Å². The van der Waals surface area contributed by atoms with E-state index >= 15 is 0 Å². The Balaban J connectivity index is 1.19. The maximum atomic E-state index is 12.4. The van der Waals surface area contributed by atoms with Crippen LogP contribution >= 0.6 is 0 Å². The van der Waals surface area contributed by atoms with Crippen molar-refractivity contribution < 1.29 is 4.79 Å². The van der Waals surface area contributed by atoms with Crippen molar-refractivity contribution in [3.05, 3.63) is 34.2 Å². The summed E-state index contributed by atoms with van der Waals surface area (Å²) in [5.41, 5.74) is 2.64. The highest BCUT2D eigenvalue weighted by atomic mass is 16.2. The first-order chi connectivity index (χ1) is 12.7. The van der Waals surface area contributed by atoms with Gasteiger partial charge in [-0.2, -0.15) is 0 Å². The zero-order valence-electron chi connectivity index (χ0n) is 15.2. The standard InChI is InChI=1S/C20H28N4O2/c25-19(24-10-8-16(9-11-24)21-13-15-4-5-15)3-1-2-14-6-7-17-18(12-14)23-20(26)22-17/h6-7,12,15-16,21H,1-5,8-11,13H2,(H2,22,23,26). The number of H-pyrrole nitrogens is 2. The SMILES string of the molecule is O=C(CCCc1ccc2[nH]c(=O)[nH]c2c1)N1CCC(NCC2CC2)CC1. The molecule has 4 rings (SSSR count). The predicted molar refractivity (Wildman–Crippen MR) is 102 cm³/mol. The van der Waals surface area contributed by atoms with Crippen molar-refractivity contribution in [2.24, 2.45) is 5.92 Å². The molecule has 1 aliphatic heterocycles. The van der Waals surface area contributed by atoms with Gasteiger partial charge in [0.05, 0.1) is 11.0 Å². The summed E-state index contributed by atoms with van der Waals surface area (Å²) < 4.78 is 0. The zero-order valence-corrected chi connectivity index (χ0v) is 15.2. The third-order valence-electron chi connectivity index (χ3n) is 5.68. The Morgan fingerprint density at radius 3 is 2.65 bits per heavy atom.